The number of aliphatic imine (C=N–C) groups is 1. The fourth-order valence-electron chi connectivity index (χ4n) is 1.52. The minimum Gasteiger partial charge on any atom is -0.292 e. The Kier molecular flexibility index (Phi) is 2.01. The normalized spacial score (nSPS) is 20.7. The minimum atomic E-state index is 0.464. The Morgan fingerprint density at radius 2 is 2.33 bits per heavy atom. The largest absolute Gasteiger partial charge is 0.292 e. The Hall–Kier alpha value is -0.630. The molecule has 2 heteroatoms. The van der Waals surface area contributed by atoms with Gasteiger partial charge in [0.15, 0.2) is 0 Å². The van der Waals surface area contributed by atoms with Gasteiger partial charge in [-0.15, -0.1) is 0 Å². The van der Waals surface area contributed by atoms with Gasteiger partial charge < -0.3 is 0 Å². The SMILES string of the molecule is CC1C=NCc2ccc(Br)cc21. The second-order valence-corrected chi connectivity index (χ2v) is 4.04. The second-order valence-electron chi connectivity index (χ2n) is 3.12. The molecule has 1 aliphatic heterocycles. The molecular formula is C10H10BrN. The van der Waals surface area contributed by atoms with Crippen LogP contribution in [0.5, 0.6) is 0 Å². The lowest BCUT2D eigenvalue weighted by Gasteiger charge is -2.16. The van der Waals surface area contributed by atoms with E-state index in [1.165, 1.54) is 11.1 Å². The Labute approximate surface area is 80.6 Å². The van der Waals surface area contributed by atoms with Crippen LogP contribution in [0.3, 0.4) is 0 Å². The summed E-state index contributed by atoms with van der Waals surface area (Å²) in [6, 6.07) is 6.41. The standard InChI is InChI=1S/C10H10BrN/c1-7-5-12-6-8-2-3-9(11)4-10(7)8/h2-5,7H,6H2,1H3. The zero-order valence-electron chi connectivity index (χ0n) is 6.92. The Morgan fingerprint density at radius 1 is 1.50 bits per heavy atom. The summed E-state index contributed by atoms with van der Waals surface area (Å²) in [6.45, 7) is 3.01. The molecule has 2 rings (SSSR count). The van der Waals surface area contributed by atoms with Gasteiger partial charge in [-0.25, -0.2) is 0 Å². The third-order valence-corrected chi connectivity index (χ3v) is 2.68. The summed E-state index contributed by atoms with van der Waals surface area (Å²) in [6.07, 6.45) is 2.02. The number of nitrogens with zero attached hydrogens (tertiary/aromatic N) is 1. The third kappa shape index (κ3) is 1.31. The summed E-state index contributed by atoms with van der Waals surface area (Å²) in [5.74, 6) is 0.464. The van der Waals surface area contributed by atoms with Crippen LogP contribution in [-0.4, -0.2) is 6.21 Å². The van der Waals surface area contributed by atoms with Crippen molar-refractivity contribution >= 4 is 22.1 Å². The van der Waals surface area contributed by atoms with Gasteiger partial charge >= 0.3 is 0 Å². The van der Waals surface area contributed by atoms with Crippen molar-refractivity contribution in [2.75, 3.05) is 0 Å². The van der Waals surface area contributed by atoms with Crippen molar-refractivity contribution in [3.8, 4) is 0 Å². The van der Waals surface area contributed by atoms with E-state index >= 15 is 0 Å². The van der Waals surface area contributed by atoms with Crippen LogP contribution in [0.1, 0.15) is 24.0 Å². The maximum absolute atomic E-state index is 4.29. The number of benzene rings is 1. The monoisotopic (exact) mass is 223 g/mol. The van der Waals surface area contributed by atoms with Crippen molar-refractivity contribution < 1.29 is 0 Å². The predicted octanol–water partition coefficient (Wildman–Crippen LogP) is 3.14. The first kappa shape index (κ1) is 7.99. The number of hydrogen-bond acceptors (Lipinski definition) is 1. The van der Waals surface area contributed by atoms with Gasteiger partial charge in [0, 0.05) is 16.6 Å². The van der Waals surface area contributed by atoms with Crippen LogP contribution in [0.15, 0.2) is 27.7 Å². The summed E-state index contributed by atoms with van der Waals surface area (Å²) in [5, 5.41) is 0. The highest BCUT2D eigenvalue weighted by Crippen LogP contribution is 2.26. The van der Waals surface area contributed by atoms with Crippen LogP contribution in [-0.2, 0) is 6.54 Å². The minimum absolute atomic E-state index is 0.464. The lowest BCUT2D eigenvalue weighted by atomic mass is 9.95. The van der Waals surface area contributed by atoms with Crippen LogP contribution >= 0.6 is 15.9 Å². The fraction of sp³-hybridized carbons (Fsp3) is 0.300. The maximum Gasteiger partial charge on any atom is 0.0639 e. The van der Waals surface area contributed by atoms with Crippen LogP contribution < -0.4 is 0 Å². The smallest absolute Gasteiger partial charge is 0.0639 e. The zero-order valence-corrected chi connectivity index (χ0v) is 8.51. The predicted molar refractivity (Wildman–Crippen MR) is 54.8 cm³/mol. The lowest BCUT2D eigenvalue weighted by molar-refractivity contribution is 0.912. The van der Waals surface area contributed by atoms with Crippen LogP contribution in [0.2, 0.25) is 0 Å². The molecule has 1 heterocycles. The number of halogens is 1. The van der Waals surface area contributed by atoms with Crippen molar-refractivity contribution in [3.05, 3.63) is 33.8 Å². The molecular weight excluding hydrogens is 214 g/mol. The van der Waals surface area contributed by atoms with Crippen molar-refractivity contribution in [2.24, 2.45) is 4.99 Å². The van der Waals surface area contributed by atoms with Crippen LogP contribution in [0, 0.1) is 0 Å². The first-order valence-electron chi connectivity index (χ1n) is 4.05. The molecule has 0 aromatic heterocycles. The summed E-state index contributed by atoms with van der Waals surface area (Å²) in [4.78, 5) is 4.29. The molecule has 0 amide bonds. The highest BCUT2D eigenvalue weighted by Gasteiger charge is 2.12. The van der Waals surface area contributed by atoms with Gasteiger partial charge in [0.25, 0.3) is 0 Å². The van der Waals surface area contributed by atoms with E-state index in [9.17, 15) is 0 Å². The molecule has 0 bridgehead atoms. The molecule has 0 N–H and O–H groups in total. The summed E-state index contributed by atoms with van der Waals surface area (Å²) < 4.78 is 1.16. The first-order chi connectivity index (χ1) is 5.77. The highest BCUT2D eigenvalue weighted by atomic mass is 79.9. The van der Waals surface area contributed by atoms with Crippen molar-refractivity contribution in [1.82, 2.24) is 0 Å². The van der Waals surface area contributed by atoms with E-state index in [1.54, 1.807) is 0 Å². The van der Waals surface area contributed by atoms with E-state index in [4.69, 9.17) is 0 Å². The molecule has 0 saturated carbocycles. The number of rotatable bonds is 0. The van der Waals surface area contributed by atoms with Gasteiger partial charge in [0.2, 0.25) is 0 Å². The molecule has 1 aromatic rings. The van der Waals surface area contributed by atoms with E-state index in [2.05, 4.69) is 46.0 Å². The molecule has 12 heavy (non-hydrogen) atoms. The molecule has 0 fully saturated rings. The lowest BCUT2D eigenvalue weighted by Crippen LogP contribution is -2.05. The Balaban J connectivity index is 2.52. The number of hydrogen-bond donors (Lipinski definition) is 0. The summed E-state index contributed by atoms with van der Waals surface area (Å²) in [7, 11) is 0. The quantitative estimate of drug-likeness (QED) is 0.641. The molecule has 1 aliphatic rings. The first-order valence-corrected chi connectivity index (χ1v) is 4.85. The fourth-order valence-corrected chi connectivity index (χ4v) is 1.90. The molecule has 0 radical (unpaired) electrons. The summed E-state index contributed by atoms with van der Waals surface area (Å²) in [5.41, 5.74) is 2.76. The van der Waals surface area contributed by atoms with Crippen LogP contribution in [0.25, 0.3) is 0 Å². The van der Waals surface area contributed by atoms with E-state index in [0.717, 1.165) is 11.0 Å². The van der Waals surface area contributed by atoms with Crippen molar-refractivity contribution in [2.45, 2.75) is 19.4 Å². The van der Waals surface area contributed by atoms with E-state index in [0.29, 0.717) is 5.92 Å². The van der Waals surface area contributed by atoms with Crippen molar-refractivity contribution in [3.63, 3.8) is 0 Å². The van der Waals surface area contributed by atoms with Gasteiger partial charge in [-0.2, -0.15) is 0 Å². The molecule has 1 unspecified atom stereocenters. The Bertz CT molecular complexity index is 331. The second kappa shape index (κ2) is 3.02. The third-order valence-electron chi connectivity index (χ3n) is 2.19. The molecule has 0 saturated heterocycles. The molecule has 1 atom stereocenters. The van der Waals surface area contributed by atoms with Gasteiger partial charge in [0.1, 0.15) is 0 Å². The zero-order chi connectivity index (χ0) is 8.55. The average molecular weight is 224 g/mol. The topological polar surface area (TPSA) is 12.4 Å². The van der Waals surface area contributed by atoms with Crippen molar-refractivity contribution in [1.29, 1.82) is 0 Å². The van der Waals surface area contributed by atoms with Gasteiger partial charge in [-0.05, 0) is 23.3 Å². The van der Waals surface area contributed by atoms with E-state index < -0.39 is 0 Å². The maximum atomic E-state index is 4.29. The molecule has 0 aliphatic carbocycles. The van der Waals surface area contributed by atoms with Gasteiger partial charge in [-0.3, -0.25) is 4.99 Å². The molecule has 62 valence electrons. The molecule has 1 nitrogen and oxygen atoms in total. The number of fused-ring (bicyclic) bond motifs is 1. The molecule has 1 aromatic carbocycles. The summed E-state index contributed by atoms with van der Waals surface area (Å²) >= 11 is 3.47. The highest BCUT2D eigenvalue weighted by molar-refractivity contribution is 9.10. The van der Waals surface area contributed by atoms with Gasteiger partial charge in [-0.1, -0.05) is 28.9 Å². The van der Waals surface area contributed by atoms with Crippen LogP contribution in [0.4, 0.5) is 0 Å². The van der Waals surface area contributed by atoms with Gasteiger partial charge in [0.05, 0.1) is 6.54 Å². The average Bonchev–Trinajstić information content (AvgIpc) is 2.07. The van der Waals surface area contributed by atoms with E-state index in [-0.39, 0.29) is 0 Å². The van der Waals surface area contributed by atoms with E-state index in [1.807, 2.05) is 6.21 Å². The Morgan fingerprint density at radius 3 is 3.17 bits per heavy atom. The molecule has 0 spiro atoms.